The number of amides is 2. The van der Waals surface area contributed by atoms with Crippen LogP contribution in [0.1, 0.15) is 52.5 Å². The van der Waals surface area contributed by atoms with Crippen molar-refractivity contribution in [3.63, 3.8) is 0 Å². The van der Waals surface area contributed by atoms with Gasteiger partial charge in [0.1, 0.15) is 11.9 Å². The molecule has 4 aliphatic heterocycles. The first-order chi connectivity index (χ1) is 19.5. The van der Waals surface area contributed by atoms with Crippen molar-refractivity contribution in [2.24, 2.45) is 0 Å². The molecule has 1 spiro atoms. The number of rotatable bonds is 5. The van der Waals surface area contributed by atoms with Gasteiger partial charge in [0, 0.05) is 30.5 Å². The number of hydrogen-bond donors (Lipinski definition) is 8. The summed E-state index contributed by atoms with van der Waals surface area (Å²) in [4.78, 5) is 36.0. The second-order valence-corrected chi connectivity index (χ2v) is 11.6. The number of ether oxygens (including phenoxy) is 1. The van der Waals surface area contributed by atoms with E-state index in [9.17, 15) is 14.7 Å². The van der Waals surface area contributed by atoms with Crippen LogP contribution >= 0.6 is 0 Å². The van der Waals surface area contributed by atoms with Crippen LogP contribution < -0.4 is 31.3 Å². The number of hydrogen-bond acceptors (Lipinski definition) is 8. The third-order valence-corrected chi connectivity index (χ3v) is 8.51. The van der Waals surface area contributed by atoms with Gasteiger partial charge in [0.15, 0.2) is 17.6 Å². The smallest absolute Gasteiger partial charge is 0.289 e. The highest BCUT2D eigenvalue weighted by Gasteiger charge is 2.66. The number of benzene rings is 1. The van der Waals surface area contributed by atoms with Gasteiger partial charge in [0.25, 0.3) is 11.8 Å². The molecule has 0 saturated carbocycles. The molecular weight excluding hydrogens is 528 g/mol. The maximum absolute atomic E-state index is 13.5. The molecule has 41 heavy (non-hydrogen) atoms. The highest BCUT2D eigenvalue weighted by molar-refractivity contribution is 5.98. The van der Waals surface area contributed by atoms with E-state index >= 15 is 0 Å². The number of nitrogens with one attached hydrogen (secondary N) is 7. The maximum atomic E-state index is 13.5. The lowest BCUT2D eigenvalue weighted by molar-refractivity contribution is 0.00610. The molecule has 0 aliphatic carbocycles. The lowest BCUT2D eigenvalue weighted by Crippen LogP contribution is -2.78. The van der Waals surface area contributed by atoms with Gasteiger partial charge in [-0.2, -0.15) is 0 Å². The predicted molar refractivity (Wildman–Crippen MR) is 148 cm³/mol. The molecule has 3 fully saturated rings. The SMILES string of the molecule is Cc1ccnc(C(=O)NC[C@@H]2NC(=N)N3CC(NC(=O)c4cccc5c4OCCC5(C)C)[C@@H](O)[C@@]34NC(=N)N[C@@H]24)n1. The molecule has 14 nitrogen and oxygen atoms in total. The first-order valence-corrected chi connectivity index (χ1v) is 13.6. The van der Waals surface area contributed by atoms with Crippen LogP contribution in [0.15, 0.2) is 30.5 Å². The van der Waals surface area contributed by atoms with Crippen molar-refractivity contribution in [2.45, 2.75) is 62.5 Å². The minimum Gasteiger partial charge on any atom is -0.492 e. The van der Waals surface area contributed by atoms with Gasteiger partial charge >= 0.3 is 0 Å². The van der Waals surface area contributed by atoms with Crippen LogP contribution in [-0.2, 0) is 5.41 Å². The highest BCUT2D eigenvalue weighted by atomic mass is 16.5. The predicted octanol–water partition coefficient (Wildman–Crippen LogP) is -0.851. The van der Waals surface area contributed by atoms with Crippen molar-refractivity contribution in [1.29, 1.82) is 10.8 Å². The first kappa shape index (κ1) is 26.7. The number of aromatic nitrogens is 2. The van der Waals surface area contributed by atoms with Gasteiger partial charge in [0.05, 0.1) is 30.3 Å². The van der Waals surface area contributed by atoms with Crippen molar-refractivity contribution < 1.29 is 19.4 Å². The molecular formula is C27H34N10O4. The van der Waals surface area contributed by atoms with Gasteiger partial charge in [-0.05, 0) is 30.9 Å². The van der Waals surface area contributed by atoms with Gasteiger partial charge in [-0.25, -0.2) is 9.97 Å². The zero-order valence-electron chi connectivity index (χ0n) is 23.0. The normalized spacial score (nSPS) is 29.1. The summed E-state index contributed by atoms with van der Waals surface area (Å²) < 4.78 is 5.92. The summed E-state index contributed by atoms with van der Waals surface area (Å²) in [5.74, 6) is -0.334. The number of aryl methyl sites for hydroxylation is 1. The number of guanidine groups is 2. The number of fused-ring (bicyclic) bond motifs is 1. The average Bonchev–Trinajstić information content (AvgIpc) is 3.43. The molecule has 1 aromatic heterocycles. The Morgan fingerprint density at radius 3 is 2.80 bits per heavy atom. The van der Waals surface area contributed by atoms with Crippen LogP contribution in [0.2, 0.25) is 0 Å². The maximum Gasteiger partial charge on any atom is 0.289 e. The number of carbonyl (C=O) groups excluding carboxylic acids is 2. The number of aliphatic hydroxyl groups is 1. The molecule has 2 amide bonds. The molecule has 216 valence electrons. The van der Waals surface area contributed by atoms with E-state index in [0.29, 0.717) is 23.6 Å². The molecule has 0 bridgehead atoms. The number of aliphatic hydroxyl groups excluding tert-OH is 1. The number of carbonyl (C=O) groups is 2. The summed E-state index contributed by atoms with van der Waals surface area (Å²) >= 11 is 0. The largest absolute Gasteiger partial charge is 0.492 e. The van der Waals surface area contributed by atoms with Crippen molar-refractivity contribution >= 4 is 23.7 Å². The molecule has 5 heterocycles. The van der Waals surface area contributed by atoms with Crippen LogP contribution in [0, 0.1) is 17.7 Å². The Hall–Kier alpha value is -4.46. The van der Waals surface area contributed by atoms with Crippen LogP contribution in [0.4, 0.5) is 0 Å². The van der Waals surface area contributed by atoms with Gasteiger partial charge in [-0.15, -0.1) is 0 Å². The number of nitrogens with zero attached hydrogens (tertiary/aromatic N) is 3. The van der Waals surface area contributed by atoms with Crippen LogP contribution in [-0.4, -0.2) is 93.3 Å². The quantitative estimate of drug-likeness (QED) is 0.227. The van der Waals surface area contributed by atoms with Gasteiger partial charge in [-0.3, -0.25) is 20.4 Å². The van der Waals surface area contributed by atoms with Crippen LogP contribution in [0.5, 0.6) is 5.75 Å². The Labute approximate surface area is 236 Å². The Morgan fingerprint density at radius 2 is 2.02 bits per heavy atom. The molecule has 0 radical (unpaired) electrons. The molecule has 3 saturated heterocycles. The van der Waals surface area contributed by atoms with Crippen molar-refractivity contribution in [3.8, 4) is 5.75 Å². The van der Waals surface area contributed by atoms with Gasteiger partial charge < -0.3 is 41.3 Å². The summed E-state index contributed by atoms with van der Waals surface area (Å²) in [6, 6.07) is 5.21. The summed E-state index contributed by atoms with van der Waals surface area (Å²) in [7, 11) is 0. The molecule has 1 unspecified atom stereocenters. The van der Waals surface area contributed by atoms with E-state index in [1.165, 1.54) is 6.20 Å². The molecule has 2 aromatic rings. The second-order valence-electron chi connectivity index (χ2n) is 11.6. The molecule has 8 N–H and O–H groups in total. The fourth-order valence-corrected chi connectivity index (χ4v) is 6.33. The average molecular weight is 563 g/mol. The third-order valence-electron chi connectivity index (χ3n) is 8.51. The minimum absolute atomic E-state index is 0.00530. The molecule has 6 rings (SSSR count). The zero-order valence-corrected chi connectivity index (χ0v) is 23.0. The standard InChI is InChI=1S/C27H34N10O4/c1-13-7-9-30-21(32-13)23(40)31-11-16-19-27(36-24(28)35-19)20(38)17(12-37(27)25(29)34-16)33-22(39)14-5-4-6-15-18(14)41-10-8-26(15,2)3/h4-7,9,16-17,19-20,38H,8,10-12H2,1-3H3,(H2,29,34)(H,31,40)(H,33,39)(H3,28,35,36)/t16-,17?,19-,20+,27-/m0/s1. The molecule has 4 aliphatic rings. The van der Waals surface area contributed by atoms with Crippen molar-refractivity contribution in [3.05, 3.63) is 53.1 Å². The van der Waals surface area contributed by atoms with Gasteiger partial charge in [0.2, 0.25) is 5.82 Å². The Bertz CT molecular complexity index is 1450. The van der Waals surface area contributed by atoms with E-state index in [2.05, 4.69) is 50.4 Å². The van der Waals surface area contributed by atoms with E-state index in [1.807, 2.05) is 12.1 Å². The Morgan fingerprint density at radius 1 is 1.22 bits per heavy atom. The third kappa shape index (κ3) is 4.29. The van der Waals surface area contributed by atoms with Crippen LogP contribution in [0.3, 0.4) is 0 Å². The zero-order chi connectivity index (χ0) is 29.1. The first-order valence-electron chi connectivity index (χ1n) is 13.6. The monoisotopic (exact) mass is 562 g/mol. The summed E-state index contributed by atoms with van der Waals surface area (Å²) in [6.45, 7) is 6.68. The van der Waals surface area contributed by atoms with E-state index in [0.717, 1.165) is 12.0 Å². The second kappa shape index (κ2) is 9.58. The van der Waals surface area contributed by atoms with E-state index < -0.39 is 35.8 Å². The summed E-state index contributed by atoms with van der Waals surface area (Å²) in [6.07, 6.45) is 1.14. The number of para-hydroxylation sites is 1. The molecule has 14 heteroatoms. The minimum atomic E-state index is -1.30. The Balaban J connectivity index is 1.22. The van der Waals surface area contributed by atoms with Crippen molar-refractivity contribution in [2.75, 3.05) is 19.7 Å². The van der Waals surface area contributed by atoms with Crippen molar-refractivity contribution in [1.82, 2.24) is 41.5 Å². The van der Waals surface area contributed by atoms with E-state index in [-0.39, 0.29) is 42.2 Å². The lowest BCUT2D eigenvalue weighted by Gasteiger charge is -2.49. The summed E-state index contributed by atoms with van der Waals surface area (Å²) in [5.41, 5.74) is 0.558. The fraction of sp³-hybridized carbons (Fsp3) is 0.481. The topological polar surface area (TPSA) is 200 Å². The fourth-order valence-electron chi connectivity index (χ4n) is 6.33. The lowest BCUT2D eigenvalue weighted by atomic mass is 9.79. The van der Waals surface area contributed by atoms with E-state index in [4.69, 9.17) is 15.6 Å². The van der Waals surface area contributed by atoms with E-state index in [1.54, 1.807) is 24.0 Å². The Kier molecular flexibility index (Phi) is 6.25. The highest BCUT2D eigenvalue weighted by Crippen LogP contribution is 2.41. The summed E-state index contributed by atoms with van der Waals surface area (Å²) in [5, 5.41) is 43.6. The molecule has 1 aromatic carbocycles. The van der Waals surface area contributed by atoms with Gasteiger partial charge in [-0.1, -0.05) is 26.0 Å². The molecule has 5 atom stereocenters. The van der Waals surface area contributed by atoms with Crippen LogP contribution in [0.25, 0.3) is 0 Å².